The van der Waals surface area contributed by atoms with E-state index in [1.54, 1.807) is 12.0 Å². The highest BCUT2D eigenvalue weighted by atomic mass is 16.5. The molecule has 0 aliphatic carbocycles. The fourth-order valence-corrected chi connectivity index (χ4v) is 3.44. The quantitative estimate of drug-likeness (QED) is 0.804. The van der Waals surface area contributed by atoms with E-state index in [1.165, 1.54) is 0 Å². The highest BCUT2D eigenvalue weighted by Crippen LogP contribution is 2.21. The molecule has 6 nitrogen and oxygen atoms in total. The van der Waals surface area contributed by atoms with Gasteiger partial charge in [0.15, 0.2) is 0 Å². The fourth-order valence-electron chi connectivity index (χ4n) is 3.44. The smallest absolute Gasteiger partial charge is 0.244 e. The van der Waals surface area contributed by atoms with Gasteiger partial charge in [-0.3, -0.25) is 9.59 Å². The molecule has 1 atom stereocenters. The van der Waals surface area contributed by atoms with Crippen LogP contribution in [0.4, 0.5) is 0 Å². The van der Waals surface area contributed by atoms with Crippen LogP contribution in [0.15, 0.2) is 54.6 Å². The van der Waals surface area contributed by atoms with Crippen LogP contribution >= 0.6 is 0 Å². The second-order valence-electron chi connectivity index (χ2n) is 7.05. The molecule has 1 saturated heterocycles. The van der Waals surface area contributed by atoms with Crippen molar-refractivity contribution in [2.24, 2.45) is 11.7 Å². The Morgan fingerprint density at radius 2 is 1.75 bits per heavy atom. The molecule has 0 saturated carbocycles. The first-order valence-electron chi connectivity index (χ1n) is 9.58. The van der Waals surface area contributed by atoms with Gasteiger partial charge in [0.2, 0.25) is 11.8 Å². The summed E-state index contributed by atoms with van der Waals surface area (Å²) in [6.07, 6.45) is 1.31. The number of hydrogen-bond acceptors (Lipinski definition) is 4. The average molecular weight is 381 g/mol. The Balaban J connectivity index is 1.46. The molecule has 1 fully saturated rings. The molecule has 3 rings (SSSR count). The van der Waals surface area contributed by atoms with Crippen molar-refractivity contribution in [2.75, 3.05) is 20.2 Å². The number of benzene rings is 2. The second kappa shape index (κ2) is 9.37. The molecule has 0 aromatic heterocycles. The van der Waals surface area contributed by atoms with Gasteiger partial charge < -0.3 is 20.7 Å². The first-order chi connectivity index (χ1) is 13.6. The number of rotatable bonds is 6. The lowest BCUT2D eigenvalue weighted by Gasteiger charge is -2.33. The lowest BCUT2D eigenvalue weighted by atomic mass is 9.95. The molecule has 1 heterocycles. The molecular formula is C22H27N3O3. The van der Waals surface area contributed by atoms with E-state index in [0.717, 1.165) is 16.9 Å². The van der Waals surface area contributed by atoms with Crippen molar-refractivity contribution in [3.05, 3.63) is 65.7 Å². The number of methoxy groups -OCH3 is 1. The Labute approximate surface area is 165 Å². The van der Waals surface area contributed by atoms with Crippen LogP contribution in [0.3, 0.4) is 0 Å². The zero-order valence-corrected chi connectivity index (χ0v) is 16.1. The molecule has 0 radical (unpaired) electrons. The normalized spacial score (nSPS) is 15.7. The van der Waals surface area contributed by atoms with E-state index in [9.17, 15) is 9.59 Å². The van der Waals surface area contributed by atoms with Gasteiger partial charge in [0.05, 0.1) is 7.11 Å². The van der Waals surface area contributed by atoms with E-state index in [0.29, 0.717) is 32.5 Å². The predicted octanol–water partition coefficient (Wildman–Crippen LogP) is 2.25. The summed E-state index contributed by atoms with van der Waals surface area (Å²) in [5.74, 6) is 0.676. The van der Waals surface area contributed by atoms with Crippen LogP contribution in [-0.4, -0.2) is 36.9 Å². The first kappa shape index (κ1) is 19.9. The molecule has 0 bridgehead atoms. The lowest BCUT2D eigenvalue weighted by Crippen LogP contribution is -2.45. The van der Waals surface area contributed by atoms with Crippen LogP contribution in [-0.2, 0) is 16.1 Å². The average Bonchev–Trinajstić information content (AvgIpc) is 2.77. The van der Waals surface area contributed by atoms with Crippen molar-refractivity contribution in [3.8, 4) is 5.75 Å². The number of amides is 2. The maximum atomic E-state index is 12.6. The minimum Gasteiger partial charge on any atom is -0.497 e. The number of piperidine rings is 1. The van der Waals surface area contributed by atoms with Crippen LogP contribution in [0.5, 0.6) is 5.75 Å². The predicted molar refractivity (Wildman–Crippen MR) is 108 cm³/mol. The molecule has 3 N–H and O–H groups in total. The van der Waals surface area contributed by atoms with Crippen LogP contribution in [0, 0.1) is 5.92 Å². The van der Waals surface area contributed by atoms with Crippen molar-refractivity contribution >= 4 is 11.8 Å². The zero-order valence-electron chi connectivity index (χ0n) is 16.1. The zero-order chi connectivity index (χ0) is 19.9. The highest BCUT2D eigenvalue weighted by molar-refractivity contribution is 5.84. The van der Waals surface area contributed by atoms with Gasteiger partial charge >= 0.3 is 0 Å². The van der Waals surface area contributed by atoms with Crippen molar-refractivity contribution < 1.29 is 14.3 Å². The number of hydrogen-bond donors (Lipinski definition) is 2. The third kappa shape index (κ3) is 4.89. The number of nitrogens with zero attached hydrogens (tertiary/aromatic N) is 1. The van der Waals surface area contributed by atoms with Gasteiger partial charge in [0.25, 0.3) is 0 Å². The molecule has 0 spiro atoms. The largest absolute Gasteiger partial charge is 0.497 e. The Kier molecular flexibility index (Phi) is 6.66. The summed E-state index contributed by atoms with van der Waals surface area (Å²) in [6, 6.07) is 16.4. The van der Waals surface area contributed by atoms with E-state index in [-0.39, 0.29) is 17.7 Å². The molecule has 2 aromatic rings. The monoisotopic (exact) mass is 381 g/mol. The molecule has 148 valence electrons. The summed E-state index contributed by atoms with van der Waals surface area (Å²) >= 11 is 0. The molecule has 1 aliphatic rings. The molecular weight excluding hydrogens is 354 g/mol. The third-order valence-corrected chi connectivity index (χ3v) is 5.23. The summed E-state index contributed by atoms with van der Waals surface area (Å²) < 4.78 is 5.14. The number of carbonyl (C=O) groups excluding carboxylic acids is 2. The van der Waals surface area contributed by atoms with E-state index in [2.05, 4.69) is 5.32 Å². The summed E-state index contributed by atoms with van der Waals surface area (Å²) in [5, 5.41) is 2.99. The van der Waals surface area contributed by atoms with Gasteiger partial charge in [-0.15, -0.1) is 0 Å². The van der Waals surface area contributed by atoms with E-state index >= 15 is 0 Å². The van der Waals surface area contributed by atoms with E-state index in [4.69, 9.17) is 10.5 Å². The Morgan fingerprint density at radius 1 is 1.11 bits per heavy atom. The Morgan fingerprint density at radius 3 is 2.36 bits per heavy atom. The number of likely N-dealkylation sites (tertiary alicyclic amines) is 1. The molecule has 1 aliphatic heterocycles. The van der Waals surface area contributed by atoms with Crippen LogP contribution in [0.25, 0.3) is 0 Å². The maximum absolute atomic E-state index is 12.6. The fraction of sp³-hybridized carbons (Fsp3) is 0.364. The van der Waals surface area contributed by atoms with Crippen LogP contribution in [0.2, 0.25) is 0 Å². The Bertz CT molecular complexity index is 784. The van der Waals surface area contributed by atoms with Crippen LogP contribution in [0.1, 0.15) is 30.0 Å². The van der Waals surface area contributed by atoms with Gasteiger partial charge in [-0.25, -0.2) is 0 Å². The number of nitrogens with one attached hydrogen (secondary N) is 1. The van der Waals surface area contributed by atoms with Gasteiger partial charge in [-0.2, -0.15) is 0 Å². The molecule has 2 amide bonds. The standard InChI is InChI=1S/C22H27N3O3/c1-28-19-9-7-16(8-10-19)15-24-21(26)18-11-13-25(14-12-18)22(27)20(23)17-5-3-2-4-6-17/h2-10,18,20H,11-15,23H2,1H3,(H,24,26). The molecule has 6 heteroatoms. The van der Waals surface area contributed by atoms with Crippen molar-refractivity contribution in [1.29, 1.82) is 0 Å². The summed E-state index contributed by atoms with van der Waals surface area (Å²) in [6.45, 7) is 1.60. The van der Waals surface area contributed by atoms with E-state index in [1.807, 2.05) is 54.6 Å². The van der Waals surface area contributed by atoms with Gasteiger partial charge in [0.1, 0.15) is 11.8 Å². The van der Waals surface area contributed by atoms with Gasteiger partial charge in [0, 0.05) is 25.6 Å². The summed E-state index contributed by atoms with van der Waals surface area (Å²) in [4.78, 5) is 26.9. The minimum absolute atomic E-state index is 0.0373. The van der Waals surface area contributed by atoms with E-state index < -0.39 is 6.04 Å². The highest BCUT2D eigenvalue weighted by Gasteiger charge is 2.29. The third-order valence-electron chi connectivity index (χ3n) is 5.23. The van der Waals surface area contributed by atoms with Gasteiger partial charge in [-0.1, -0.05) is 42.5 Å². The van der Waals surface area contributed by atoms with Crippen molar-refractivity contribution in [3.63, 3.8) is 0 Å². The van der Waals surface area contributed by atoms with Crippen LogP contribution < -0.4 is 15.8 Å². The summed E-state index contributed by atoms with van der Waals surface area (Å²) in [7, 11) is 1.63. The minimum atomic E-state index is -0.651. The van der Waals surface area contributed by atoms with Crippen molar-refractivity contribution in [2.45, 2.75) is 25.4 Å². The lowest BCUT2D eigenvalue weighted by molar-refractivity contribution is -0.136. The van der Waals surface area contributed by atoms with Crippen molar-refractivity contribution in [1.82, 2.24) is 10.2 Å². The topological polar surface area (TPSA) is 84.7 Å². The maximum Gasteiger partial charge on any atom is 0.244 e. The Hall–Kier alpha value is -2.86. The number of carbonyl (C=O) groups is 2. The number of ether oxygens (including phenoxy) is 1. The summed E-state index contributed by atoms with van der Waals surface area (Å²) in [5.41, 5.74) is 7.95. The first-order valence-corrected chi connectivity index (χ1v) is 9.58. The molecule has 28 heavy (non-hydrogen) atoms. The second-order valence-corrected chi connectivity index (χ2v) is 7.05. The number of nitrogens with two attached hydrogens (primary N) is 1. The molecule has 2 aromatic carbocycles. The molecule has 1 unspecified atom stereocenters. The van der Waals surface area contributed by atoms with Gasteiger partial charge in [-0.05, 0) is 36.1 Å². The SMILES string of the molecule is COc1ccc(CNC(=O)C2CCN(C(=O)C(N)c3ccccc3)CC2)cc1.